The fourth-order valence-corrected chi connectivity index (χ4v) is 4.63. The van der Waals surface area contributed by atoms with Crippen LogP contribution in [0.3, 0.4) is 0 Å². The third kappa shape index (κ3) is 3.00. The Kier molecular flexibility index (Phi) is 3.90. The van der Waals surface area contributed by atoms with Crippen molar-refractivity contribution in [2.24, 2.45) is 0 Å². The third-order valence-corrected chi connectivity index (χ3v) is 5.96. The van der Waals surface area contributed by atoms with Gasteiger partial charge in [0.15, 0.2) is 4.21 Å². The highest BCUT2D eigenvalue weighted by molar-refractivity contribution is 7.91. The SMILES string of the molecule is Cc1[nH]c(=O)sc1S(=O)(=O)NC1CCOC(C)C1. The predicted molar refractivity (Wildman–Crippen MR) is 68.4 cm³/mol. The molecule has 2 atom stereocenters. The van der Waals surface area contributed by atoms with Gasteiger partial charge in [-0.2, -0.15) is 0 Å². The van der Waals surface area contributed by atoms with Gasteiger partial charge in [0.2, 0.25) is 0 Å². The summed E-state index contributed by atoms with van der Waals surface area (Å²) >= 11 is 0.718. The number of H-pyrrole nitrogens is 1. The van der Waals surface area contributed by atoms with E-state index in [0.29, 0.717) is 25.1 Å². The highest BCUT2D eigenvalue weighted by Gasteiger charge is 2.27. The second kappa shape index (κ2) is 5.12. The van der Waals surface area contributed by atoms with E-state index in [2.05, 4.69) is 9.71 Å². The molecule has 1 fully saturated rings. The third-order valence-electron chi connectivity index (χ3n) is 2.83. The number of thiazole rings is 1. The van der Waals surface area contributed by atoms with Crippen molar-refractivity contribution >= 4 is 21.4 Å². The van der Waals surface area contributed by atoms with Crippen LogP contribution < -0.4 is 9.60 Å². The van der Waals surface area contributed by atoms with Gasteiger partial charge in [0.25, 0.3) is 10.0 Å². The maximum absolute atomic E-state index is 12.1. The van der Waals surface area contributed by atoms with Crippen LogP contribution >= 0.6 is 11.3 Å². The van der Waals surface area contributed by atoms with E-state index < -0.39 is 10.0 Å². The first-order chi connectivity index (χ1) is 8.38. The largest absolute Gasteiger partial charge is 0.378 e. The molecule has 102 valence electrons. The molecule has 2 rings (SSSR count). The molecule has 0 bridgehead atoms. The molecule has 0 radical (unpaired) electrons. The van der Waals surface area contributed by atoms with Crippen LogP contribution in [0.15, 0.2) is 9.00 Å². The van der Waals surface area contributed by atoms with E-state index in [0.717, 1.165) is 11.3 Å². The second-order valence-electron chi connectivity index (χ2n) is 4.45. The Hall–Kier alpha value is -0.700. The lowest BCUT2D eigenvalue weighted by Gasteiger charge is -2.27. The first kappa shape index (κ1) is 13.7. The van der Waals surface area contributed by atoms with Crippen LogP contribution in [0.1, 0.15) is 25.5 Å². The van der Waals surface area contributed by atoms with Gasteiger partial charge in [0.05, 0.1) is 6.10 Å². The summed E-state index contributed by atoms with van der Waals surface area (Å²) in [5, 5.41) is 0. The van der Waals surface area contributed by atoms with Crippen molar-refractivity contribution < 1.29 is 13.2 Å². The van der Waals surface area contributed by atoms with Crippen LogP contribution in [0, 0.1) is 6.92 Å². The van der Waals surface area contributed by atoms with E-state index in [4.69, 9.17) is 4.74 Å². The maximum atomic E-state index is 12.1. The smallest absolute Gasteiger partial charge is 0.305 e. The van der Waals surface area contributed by atoms with E-state index in [1.54, 1.807) is 6.92 Å². The van der Waals surface area contributed by atoms with E-state index in [9.17, 15) is 13.2 Å². The number of ether oxygens (including phenoxy) is 1. The van der Waals surface area contributed by atoms with Crippen molar-refractivity contribution in [3.63, 3.8) is 0 Å². The summed E-state index contributed by atoms with van der Waals surface area (Å²) in [5.41, 5.74) is 0.387. The van der Waals surface area contributed by atoms with Crippen molar-refractivity contribution in [1.29, 1.82) is 0 Å². The molecule has 0 aromatic carbocycles. The zero-order valence-corrected chi connectivity index (χ0v) is 11.9. The fourth-order valence-electron chi connectivity index (χ4n) is 2.02. The van der Waals surface area contributed by atoms with Gasteiger partial charge in [-0.25, -0.2) is 13.1 Å². The summed E-state index contributed by atoms with van der Waals surface area (Å²) in [6, 6.07) is -0.129. The molecule has 2 unspecified atom stereocenters. The number of aromatic amines is 1. The first-order valence-electron chi connectivity index (χ1n) is 5.72. The normalized spacial score (nSPS) is 25.2. The van der Waals surface area contributed by atoms with Crippen molar-refractivity contribution in [3.05, 3.63) is 15.4 Å². The molecule has 18 heavy (non-hydrogen) atoms. The Labute approximate surface area is 109 Å². The molecule has 1 aromatic heterocycles. The average molecular weight is 292 g/mol. The van der Waals surface area contributed by atoms with Crippen LogP contribution in [-0.4, -0.2) is 32.2 Å². The quantitative estimate of drug-likeness (QED) is 0.853. The van der Waals surface area contributed by atoms with Gasteiger partial charge in [-0.1, -0.05) is 11.3 Å². The maximum Gasteiger partial charge on any atom is 0.305 e. The van der Waals surface area contributed by atoms with E-state index in [1.165, 1.54) is 0 Å². The number of hydrogen-bond donors (Lipinski definition) is 2. The minimum absolute atomic E-state index is 0.0533. The fraction of sp³-hybridized carbons (Fsp3) is 0.700. The first-order valence-corrected chi connectivity index (χ1v) is 8.02. The number of aromatic nitrogens is 1. The summed E-state index contributed by atoms with van der Waals surface area (Å²) in [7, 11) is -3.61. The Morgan fingerprint density at radius 1 is 1.50 bits per heavy atom. The molecular formula is C10H16N2O4S2. The molecule has 0 saturated carbocycles. The van der Waals surface area contributed by atoms with Gasteiger partial charge in [-0.3, -0.25) is 4.79 Å². The highest BCUT2D eigenvalue weighted by Crippen LogP contribution is 2.19. The molecule has 0 aliphatic carbocycles. The number of aryl methyl sites for hydroxylation is 1. The summed E-state index contributed by atoms with van der Waals surface area (Å²) in [5.74, 6) is 0. The van der Waals surface area contributed by atoms with Crippen LogP contribution in [0.5, 0.6) is 0 Å². The Morgan fingerprint density at radius 2 is 2.22 bits per heavy atom. The predicted octanol–water partition coefficient (Wildman–Crippen LogP) is 0.591. The molecular weight excluding hydrogens is 276 g/mol. The zero-order chi connectivity index (χ0) is 13.3. The van der Waals surface area contributed by atoms with Crippen molar-refractivity contribution in [3.8, 4) is 0 Å². The van der Waals surface area contributed by atoms with Gasteiger partial charge < -0.3 is 9.72 Å². The molecule has 2 N–H and O–H groups in total. The van der Waals surface area contributed by atoms with E-state index in [1.807, 2.05) is 6.92 Å². The number of hydrogen-bond acceptors (Lipinski definition) is 5. The second-order valence-corrected chi connectivity index (χ2v) is 7.34. The van der Waals surface area contributed by atoms with Crippen LogP contribution in [0.2, 0.25) is 0 Å². The van der Waals surface area contributed by atoms with Crippen molar-refractivity contribution in [2.45, 2.75) is 43.0 Å². The Balaban J connectivity index is 2.17. The molecule has 8 heteroatoms. The van der Waals surface area contributed by atoms with Gasteiger partial charge in [0, 0.05) is 18.3 Å². The molecule has 1 aliphatic heterocycles. The molecule has 0 amide bonds. The Morgan fingerprint density at radius 3 is 2.78 bits per heavy atom. The minimum Gasteiger partial charge on any atom is -0.378 e. The van der Waals surface area contributed by atoms with Gasteiger partial charge in [-0.05, 0) is 26.7 Å². The van der Waals surface area contributed by atoms with Gasteiger partial charge >= 0.3 is 4.87 Å². The molecule has 1 aliphatic rings. The molecule has 2 heterocycles. The van der Waals surface area contributed by atoms with Crippen LogP contribution in [-0.2, 0) is 14.8 Å². The number of sulfonamides is 1. The lowest BCUT2D eigenvalue weighted by molar-refractivity contribution is 0.0173. The summed E-state index contributed by atoms with van der Waals surface area (Å²) < 4.78 is 32.4. The van der Waals surface area contributed by atoms with E-state index >= 15 is 0 Å². The van der Waals surface area contributed by atoms with E-state index in [-0.39, 0.29) is 21.2 Å². The van der Waals surface area contributed by atoms with Crippen molar-refractivity contribution in [1.82, 2.24) is 9.71 Å². The minimum atomic E-state index is -3.61. The standard InChI is InChI=1S/C10H16N2O4S2/c1-6-5-8(3-4-16-6)12-18(14,15)9-7(2)11-10(13)17-9/h6,8,12H,3-5H2,1-2H3,(H,11,13). The van der Waals surface area contributed by atoms with Crippen LogP contribution in [0.4, 0.5) is 0 Å². The van der Waals surface area contributed by atoms with Crippen LogP contribution in [0.25, 0.3) is 0 Å². The Bertz CT molecular complexity index is 575. The molecule has 6 nitrogen and oxygen atoms in total. The summed E-state index contributed by atoms with van der Waals surface area (Å²) in [6.07, 6.45) is 1.36. The summed E-state index contributed by atoms with van der Waals surface area (Å²) in [4.78, 5) is 13.3. The lowest BCUT2D eigenvalue weighted by atomic mass is 10.1. The molecule has 1 aromatic rings. The number of rotatable bonds is 3. The average Bonchev–Trinajstić information content (AvgIpc) is 2.58. The monoisotopic (exact) mass is 292 g/mol. The van der Waals surface area contributed by atoms with Gasteiger partial charge in [-0.15, -0.1) is 0 Å². The van der Waals surface area contributed by atoms with Gasteiger partial charge in [0.1, 0.15) is 0 Å². The van der Waals surface area contributed by atoms with Crippen molar-refractivity contribution in [2.75, 3.05) is 6.61 Å². The highest BCUT2D eigenvalue weighted by atomic mass is 32.2. The summed E-state index contributed by atoms with van der Waals surface area (Å²) in [6.45, 7) is 4.05. The number of nitrogens with one attached hydrogen (secondary N) is 2. The molecule has 0 spiro atoms. The topological polar surface area (TPSA) is 88.3 Å². The zero-order valence-electron chi connectivity index (χ0n) is 10.2. The lowest BCUT2D eigenvalue weighted by Crippen LogP contribution is -2.41. The molecule has 1 saturated heterocycles.